The van der Waals surface area contributed by atoms with E-state index in [1.165, 1.54) is 15.9 Å². The van der Waals surface area contributed by atoms with Gasteiger partial charge >= 0.3 is 11.9 Å². The molecule has 142 valence electrons. The lowest BCUT2D eigenvalue weighted by Crippen LogP contribution is -2.10. The van der Waals surface area contributed by atoms with E-state index >= 15 is 0 Å². The van der Waals surface area contributed by atoms with E-state index < -0.39 is 0 Å². The second-order valence-electron chi connectivity index (χ2n) is 5.49. The van der Waals surface area contributed by atoms with Gasteiger partial charge in [0, 0.05) is 10.6 Å². The number of carbonyl (C=O) groups is 2. The summed E-state index contributed by atoms with van der Waals surface area (Å²) < 4.78 is 11.4. The molecule has 0 N–H and O–H groups in total. The van der Waals surface area contributed by atoms with Crippen LogP contribution in [0.25, 0.3) is 15.5 Å². The smallest absolute Gasteiger partial charge is 0.313 e. The molecule has 0 aliphatic carbocycles. The maximum atomic E-state index is 11.7. The molecule has 0 aliphatic rings. The third-order valence-electron chi connectivity index (χ3n) is 3.60. The summed E-state index contributed by atoms with van der Waals surface area (Å²) in [5.41, 5.74) is 1.47. The number of halogens is 1. The van der Waals surface area contributed by atoms with Crippen molar-refractivity contribution in [1.29, 1.82) is 0 Å². The number of nitrogens with zero attached hydrogens (tertiary/aromatic N) is 4. The molecule has 2 aromatic heterocycles. The van der Waals surface area contributed by atoms with Crippen molar-refractivity contribution in [2.75, 3.05) is 13.2 Å². The van der Waals surface area contributed by atoms with E-state index in [1.807, 2.05) is 6.07 Å². The SMILES string of the molecule is CCOC(=O)Cc1ccc(-c2nn3c(CC(=O)OCC)nnc3s2)cc1Cl. The zero-order valence-electron chi connectivity index (χ0n) is 14.8. The maximum Gasteiger partial charge on any atom is 0.313 e. The molecule has 0 saturated heterocycles. The second kappa shape index (κ2) is 8.45. The maximum absolute atomic E-state index is 11.7. The summed E-state index contributed by atoms with van der Waals surface area (Å²) >= 11 is 7.63. The number of aromatic nitrogens is 4. The molecule has 10 heteroatoms. The number of benzene rings is 1. The van der Waals surface area contributed by atoms with Crippen molar-refractivity contribution < 1.29 is 19.1 Å². The Kier molecular flexibility index (Phi) is 6.02. The minimum absolute atomic E-state index is 0.00257. The molecule has 0 bridgehead atoms. The molecule has 0 saturated carbocycles. The van der Waals surface area contributed by atoms with Crippen LogP contribution in [0.15, 0.2) is 18.2 Å². The Balaban J connectivity index is 1.83. The van der Waals surface area contributed by atoms with Crippen LogP contribution < -0.4 is 0 Å². The number of rotatable bonds is 7. The molecule has 27 heavy (non-hydrogen) atoms. The van der Waals surface area contributed by atoms with Crippen LogP contribution in [0.5, 0.6) is 0 Å². The summed E-state index contributed by atoms with van der Waals surface area (Å²) in [4.78, 5) is 23.9. The lowest BCUT2D eigenvalue weighted by molar-refractivity contribution is -0.143. The van der Waals surface area contributed by atoms with Gasteiger partial charge in [-0.25, -0.2) is 0 Å². The van der Waals surface area contributed by atoms with Crippen molar-refractivity contribution >= 4 is 39.8 Å². The molecule has 0 aliphatic heterocycles. The number of carbonyl (C=O) groups excluding carboxylic acids is 2. The van der Waals surface area contributed by atoms with Gasteiger partial charge in [-0.3, -0.25) is 9.59 Å². The summed E-state index contributed by atoms with van der Waals surface area (Å²) in [5.74, 6) is -0.293. The molecule has 0 unspecified atom stereocenters. The Morgan fingerprint density at radius 1 is 1.11 bits per heavy atom. The number of esters is 2. The molecule has 2 heterocycles. The topological polar surface area (TPSA) is 95.7 Å². The van der Waals surface area contributed by atoms with Crippen LogP contribution in [0.1, 0.15) is 25.2 Å². The van der Waals surface area contributed by atoms with Crippen LogP contribution >= 0.6 is 22.9 Å². The predicted octanol–water partition coefficient (Wildman–Crippen LogP) is 2.72. The zero-order chi connectivity index (χ0) is 19.4. The molecule has 0 spiro atoms. The third-order valence-corrected chi connectivity index (χ3v) is 4.90. The minimum Gasteiger partial charge on any atom is -0.466 e. The van der Waals surface area contributed by atoms with Crippen LogP contribution in [0.3, 0.4) is 0 Å². The molecule has 8 nitrogen and oxygen atoms in total. The van der Waals surface area contributed by atoms with Gasteiger partial charge in [-0.2, -0.15) is 9.61 Å². The first-order valence-electron chi connectivity index (χ1n) is 8.33. The van der Waals surface area contributed by atoms with Gasteiger partial charge in [0.15, 0.2) is 5.82 Å². The highest BCUT2D eigenvalue weighted by Crippen LogP contribution is 2.29. The molecule has 3 aromatic rings. The molecule has 0 amide bonds. The molecule has 3 rings (SSSR count). The van der Waals surface area contributed by atoms with Crippen molar-refractivity contribution in [1.82, 2.24) is 19.8 Å². The number of hydrogen-bond donors (Lipinski definition) is 0. The number of hydrogen-bond acceptors (Lipinski definition) is 8. The minimum atomic E-state index is -0.382. The Labute approximate surface area is 164 Å². The molecular formula is C17H17ClN4O4S. The van der Waals surface area contributed by atoms with E-state index in [9.17, 15) is 9.59 Å². The lowest BCUT2D eigenvalue weighted by Gasteiger charge is -2.05. The van der Waals surface area contributed by atoms with Gasteiger partial charge in [0.1, 0.15) is 11.4 Å². The number of ether oxygens (including phenoxy) is 2. The quantitative estimate of drug-likeness (QED) is 0.554. The highest BCUT2D eigenvalue weighted by Gasteiger charge is 2.17. The van der Waals surface area contributed by atoms with Gasteiger partial charge in [-0.05, 0) is 25.5 Å². The van der Waals surface area contributed by atoms with Crippen LogP contribution in [0.2, 0.25) is 5.02 Å². The van der Waals surface area contributed by atoms with E-state index in [4.69, 9.17) is 21.1 Å². The van der Waals surface area contributed by atoms with Crippen LogP contribution in [0.4, 0.5) is 0 Å². The van der Waals surface area contributed by atoms with Crippen molar-refractivity contribution in [3.8, 4) is 10.6 Å². The summed E-state index contributed by atoms with van der Waals surface area (Å²) in [6, 6.07) is 5.35. The standard InChI is InChI=1S/C17H17ClN4O4S/c1-3-25-14(23)8-10-5-6-11(7-12(10)18)16-21-22-13(9-15(24)26-4-2)19-20-17(22)27-16/h5-7H,3-4,8-9H2,1-2H3. The fourth-order valence-electron chi connectivity index (χ4n) is 2.42. The van der Waals surface area contributed by atoms with Crippen LogP contribution in [-0.4, -0.2) is 45.0 Å². The van der Waals surface area contributed by atoms with E-state index in [0.29, 0.717) is 39.6 Å². The Morgan fingerprint density at radius 3 is 2.48 bits per heavy atom. The van der Waals surface area contributed by atoms with Gasteiger partial charge in [0.2, 0.25) is 4.96 Å². The van der Waals surface area contributed by atoms with Crippen molar-refractivity contribution in [2.24, 2.45) is 0 Å². The highest BCUT2D eigenvalue weighted by molar-refractivity contribution is 7.19. The highest BCUT2D eigenvalue weighted by atomic mass is 35.5. The molecule has 0 radical (unpaired) electrons. The first-order chi connectivity index (χ1) is 13.0. The molecular weight excluding hydrogens is 392 g/mol. The van der Waals surface area contributed by atoms with E-state index in [2.05, 4.69) is 15.3 Å². The lowest BCUT2D eigenvalue weighted by atomic mass is 10.1. The third kappa shape index (κ3) is 4.42. The van der Waals surface area contributed by atoms with E-state index in [0.717, 1.165) is 5.56 Å². The summed E-state index contributed by atoms with van der Waals surface area (Å²) in [6.07, 6.45) is 0.110. The monoisotopic (exact) mass is 408 g/mol. The van der Waals surface area contributed by atoms with Gasteiger partial charge in [-0.1, -0.05) is 35.1 Å². The van der Waals surface area contributed by atoms with Crippen LogP contribution in [-0.2, 0) is 31.9 Å². The number of fused-ring (bicyclic) bond motifs is 1. The first kappa shape index (κ1) is 19.2. The second-order valence-corrected chi connectivity index (χ2v) is 6.85. The van der Waals surface area contributed by atoms with E-state index in [1.54, 1.807) is 26.0 Å². The fourth-order valence-corrected chi connectivity index (χ4v) is 3.52. The normalized spacial score (nSPS) is 10.9. The molecule has 0 fully saturated rings. The van der Waals surface area contributed by atoms with Crippen LogP contribution in [0, 0.1) is 0 Å². The van der Waals surface area contributed by atoms with E-state index in [-0.39, 0.29) is 24.8 Å². The Bertz CT molecular complexity index is 985. The largest absolute Gasteiger partial charge is 0.466 e. The summed E-state index contributed by atoms with van der Waals surface area (Å²) in [7, 11) is 0. The fraction of sp³-hybridized carbons (Fsp3) is 0.353. The Morgan fingerprint density at radius 2 is 1.81 bits per heavy atom. The average Bonchev–Trinajstić information content (AvgIpc) is 3.19. The van der Waals surface area contributed by atoms with Gasteiger partial charge in [-0.15, -0.1) is 10.2 Å². The van der Waals surface area contributed by atoms with Gasteiger partial charge < -0.3 is 9.47 Å². The average molecular weight is 409 g/mol. The summed E-state index contributed by atoms with van der Waals surface area (Å²) in [6.45, 7) is 4.13. The van der Waals surface area contributed by atoms with Crippen molar-refractivity contribution in [3.63, 3.8) is 0 Å². The molecule has 1 aromatic carbocycles. The van der Waals surface area contributed by atoms with Crippen molar-refractivity contribution in [2.45, 2.75) is 26.7 Å². The predicted molar refractivity (Wildman–Crippen MR) is 99.8 cm³/mol. The first-order valence-corrected chi connectivity index (χ1v) is 9.52. The van der Waals surface area contributed by atoms with Gasteiger partial charge in [0.05, 0.1) is 19.6 Å². The van der Waals surface area contributed by atoms with Gasteiger partial charge in [0.25, 0.3) is 0 Å². The zero-order valence-corrected chi connectivity index (χ0v) is 16.3. The molecule has 0 atom stereocenters. The van der Waals surface area contributed by atoms with Crippen molar-refractivity contribution in [3.05, 3.63) is 34.6 Å². The summed E-state index contributed by atoms with van der Waals surface area (Å²) in [5, 5.41) is 13.6. The Hall–Kier alpha value is -2.52.